The van der Waals surface area contributed by atoms with Gasteiger partial charge in [0.25, 0.3) is 0 Å². The summed E-state index contributed by atoms with van der Waals surface area (Å²) < 4.78 is 5.08. The molecule has 2 aromatic carbocycles. The van der Waals surface area contributed by atoms with E-state index in [-0.39, 0.29) is 48.8 Å². The van der Waals surface area contributed by atoms with Crippen molar-refractivity contribution < 1.29 is 9.53 Å². The Kier molecular flexibility index (Phi) is 9.68. The predicted octanol–water partition coefficient (Wildman–Crippen LogP) is 4.68. The molecule has 0 unspecified atom stereocenters. The number of nitrogens with two attached hydrogens (primary N) is 1. The maximum absolute atomic E-state index is 12.0. The Labute approximate surface area is 185 Å². The number of aliphatic imine (C=N–C) groups is 1. The van der Waals surface area contributed by atoms with E-state index in [1.165, 1.54) is 0 Å². The van der Waals surface area contributed by atoms with Gasteiger partial charge in [0, 0.05) is 12.1 Å². The molecule has 0 atom stereocenters. The fraction of sp³-hybridized carbons (Fsp3) is 0.222. The van der Waals surface area contributed by atoms with Crippen molar-refractivity contribution in [1.29, 1.82) is 0 Å². The number of carbonyl (C=O) groups excluding carboxylic acids is 1. The zero-order valence-corrected chi connectivity index (χ0v) is 18.7. The summed E-state index contributed by atoms with van der Waals surface area (Å²) in [7, 11) is 1.54. The minimum atomic E-state index is -0.195. The summed E-state index contributed by atoms with van der Waals surface area (Å²) in [6, 6.07) is 10.6. The minimum Gasteiger partial charge on any atom is -0.495 e. The van der Waals surface area contributed by atoms with Crippen LogP contribution in [0.4, 0.5) is 11.4 Å². The fourth-order valence-electron chi connectivity index (χ4n) is 2.14. The van der Waals surface area contributed by atoms with Crippen LogP contribution in [0.25, 0.3) is 0 Å². The van der Waals surface area contributed by atoms with Crippen molar-refractivity contribution in [3.63, 3.8) is 0 Å². The maximum atomic E-state index is 12.0. The largest absolute Gasteiger partial charge is 0.495 e. The van der Waals surface area contributed by atoms with Crippen LogP contribution in [0.1, 0.15) is 12.0 Å². The van der Waals surface area contributed by atoms with E-state index in [1.54, 1.807) is 37.4 Å². The molecule has 0 fully saturated rings. The summed E-state index contributed by atoms with van der Waals surface area (Å²) in [6.45, 7) is 2.16. The minimum absolute atomic E-state index is 0. The third-order valence-corrected chi connectivity index (χ3v) is 4.05. The van der Waals surface area contributed by atoms with Crippen LogP contribution in [0.5, 0.6) is 5.75 Å². The predicted molar refractivity (Wildman–Crippen MR) is 123 cm³/mol. The number of methoxy groups -OCH3 is 1. The molecule has 2 rings (SSSR count). The molecule has 0 aliphatic carbocycles. The molecule has 0 saturated heterocycles. The molecular weight excluding hydrogens is 502 g/mol. The maximum Gasteiger partial charge on any atom is 0.226 e. The number of hydrogen-bond acceptors (Lipinski definition) is 3. The molecule has 0 spiro atoms. The molecule has 2 aromatic rings. The molecule has 9 heteroatoms. The lowest BCUT2D eigenvalue weighted by Gasteiger charge is -2.09. The van der Waals surface area contributed by atoms with E-state index >= 15 is 0 Å². The van der Waals surface area contributed by atoms with Crippen LogP contribution in [0, 0.1) is 6.92 Å². The lowest BCUT2D eigenvalue weighted by Crippen LogP contribution is -2.23. The van der Waals surface area contributed by atoms with E-state index in [4.69, 9.17) is 33.7 Å². The summed E-state index contributed by atoms with van der Waals surface area (Å²) in [5, 5.41) is 6.61. The van der Waals surface area contributed by atoms with Gasteiger partial charge in [0.2, 0.25) is 5.91 Å². The summed E-state index contributed by atoms with van der Waals surface area (Å²) in [6.07, 6.45) is 0.177. The van der Waals surface area contributed by atoms with Gasteiger partial charge in [0.15, 0.2) is 5.96 Å². The Balaban J connectivity index is 0.00000364. The van der Waals surface area contributed by atoms with Gasteiger partial charge in [-0.1, -0.05) is 29.3 Å². The zero-order chi connectivity index (χ0) is 19.1. The van der Waals surface area contributed by atoms with Crippen LogP contribution in [-0.4, -0.2) is 25.5 Å². The van der Waals surface area contributed by atoms with E-state index in [2.05, 4.69) is 15.6 Å². The molecule has 27 heavy (non-hydrogen) atoms. The number of amides is 1. The Bertz CT molecular complexity index is 831. The number of benzene rings is 2. The zero-order valence-electron chi connectivity index (χ0n) is 14.9. The third kappa shape index (κ3) is 7.43. The van der Waals surface area contributed by atoms with E-state index < -0.39 is 0 Å². The van der Waals surface area contributed by atoms with Crippen LogP contribution in [0.3, 0.4) is 0 Å². The lowest BCUT2D eigenvalue weighted by molar-refractivity contribution is -0.116. The average Bonchev–Trinajstić information content (AvgIpc) is 2.57. The standard InChI is InChI=1S/C18H20Cl2N4O2.HI/c1-11-3-5-15(13(19)9-11)24-17(25)7-8-22-18(21)23-12-4-6-16(26-2)14(20)10-12;/h3-6,9-10H,7-8H2,1-2H3,(H,24,25)(H3,21,22,23);1H. The Morgan fingerprint density at radius 3 is 2.52 bits per heavy atom. The van der Waals surface area contributed by atoms with E-state index in [9.17, 15) is 4.79 Å². The van der Waals surface area contributed by atoms with Gasteiger partial charge in [-0.3, -0.25) is 9.79 Å². The van der Waals surface area contributed by atoms with Gasteiger partial charge in [-0.25, -0.2) is 0 Å². The van der Waals surface area contributed by atoms with E-state index in [0.717, 1.165) is 5.56 Å². The number of rotatable bonds is 6. The summed E-state index contributed by atoms with van der Waals surface area (Å²) in [5.74, 6) is 0.561. The van der Waals surface area contributed by atoms with Crippen LogP contribution >= 0.6 is 47.2 Å². The van der Waals surface area contributed by atoms with Crippen molar-refractivity contribution in [3.05, 3.63) is 52.0 Å². The summed E-state index contributed by atoms with van der Waals surface area (Å²) in [5.41, 5.74) is 8.09. The molecule has 6 nitrogen and oxygen atoms in total. The first-order valence-electron chi connectivity index (χ1n) is 7.85. The van der Waals surface area contributed by atoms with Gasteiger partial charge in [-0.2, -0.15) is 0 Å². The third-order valence-electron chi connectivity index (χ3n) is 3.44. The van der Waals surface area contributed by atoms with Gasteiger partial charge < -0.3 is 21.1 Å². The number of guanidine groups is 1. The molecular formula is C18H21Cl2IN4O2. The number of aryl methyl sites for hydroxylation is 1. The monoisotopic (exact) mass is 522 g/mol. The molecule has 0 aliphatic rings. The molecule has 4 N–H and O–H groups in total. The van der Waals surface area contributed by atoms with Crippen LogP contribution in [0.15, 0.2) is 41.4 Å². The van der Waals surface area contributed by atoms with Crippen molar-refractivity contribution in [2.45, 2.75) is 13.3 Å². The highest BCUT2D eigenvalue weighted by Gasteiger charge is 2.06. The topological polar surface area (TPSA) is 88.7 Å². The van der Waals surface area contributed by atoms with Gasteiger partial charge in [0.05, 0.1) is 29.4 Å². The van der Waals surface area contributed by atoms with Crippen molar-refractivity contribution >= 4 is 70.4 Å². The highest BCUT2D eigenvalue weighted by molar-refractivity contribution is 14.0. The first-order chi connectivity index (χ1) is 12.4. The number of anilines is 2. The van der Waals surface area contributed by atoms with Gasteiger partial charge >= 0.3 is 0 Å². The summed E-state index contributed by atoms with van der Waals surface area (Å²) >= 11 is 12.1. The number of hydrogen-bond donors (Lipinski definition) is 3. The molecule has 0 aliphatic heterocycles. The number of halogens is 3. The van der Waals surface area contributed by atoms with E-state index in [0.29, 0.717) is 27.2 Å². The number of ether oxygens (including phenoxy) is 1. The Hall–Kier alpha value is -1.71. The number of nitrogens with one attached hydrogen (secondary N) is 2. The fourth-order valence-corrected chi connectivity index (χ4v) is 2.68. The number of nitrogens with zero attached hydrogens (tertiary/aromatic N) is 1. The van der Waals surface area contributed by atoms with Gasteiger partial charge in [-0.15, -0.1) is 24.0 Å². The van der Waals surface area contributed by atoms with Crippen LogP contribution < -0.4 is 21.1 Å². The van der Waals surface area contributed by atoms with Crippen LogP contribution in [-0.2, 0) is 4.79 Å². The van der Waals surface area contributed by atoms with Crippen molar-refractivity contribution in [2.24, 2.45) is 10.7 Å². The highest BCUT2D eigenvalue weighted by Crippen LogP contribution is 2.27. The molecule has 0 aromatic heterocycles. The van der Waals surface area contributed by atoms with E-state index in [1.807, 2.05) is 13.0 Å². The Morgan fingerprint density at radius 1 is 1.15 bits per heavy atom. The molecule has 0 radical (unpaired) electrons. The molecule has 0 saturated carbocycles. The average molecular weight is 523 g/mol. The van der Waals surface area contributed by atoms with Crippen molar-refractivity contribution in [1.82, 2.24) is 0 Å². The first kappa shape index (κ1) is 23.3. The summed E-state index contributed by atoms with van der Waals surface area (Å²) in [4.78, 5) is 16.1. The Morgan fingerprint density at radius 2 is 1.89 bits per heavy atom. The molecule has 1 amide bonds. The quantitative estimate of drug-likeness (QED) is 0.292. The van der Waals surface area contributed by atoms with Crippen molar-refractivity contribution in [2.75, 3.05) is 24.3 Å². The second-order valence-electron chi connectivity index (χ2n) is 5.52. The van der Waals surface area contributed by atoms with Crippen LogP contribution in [0.2, 0.25) is 10.0 Å². The SMILES string of the molecule is COc1ccc(NC(N)=NCCC(=O)Nc2ccc(C)cc2Cl)cc1Cl.I. The second-order valence-corrected chi connectivity index (χ2v) is 6.34. The first-order valence-corrected chi connectivity index (χ1v) is 8.61. The lowest BCUT2D eigenvalue weighted by atomic mass is 10.2. The highest BCUT2D eigenvalue weighted by atomic mass is 127. The van der Waals surface area contributed by atoms with Gasteiger partial charge in [0.1, 0.15) is 5.75 Å². The van der Waals surface area contributed by atoms with Crippen molar-refractivity contribution in [3.8, 4) is 5.75 Å². The molecule has 0 bridgehead atoms. The molecule has 146 valence electrons. The smallest absolute Gasteiger partial charge is 0.226 e. The number of carbonyl (C=O) groups is 1. The molecule has 0 heterocycles. The second kappa shape index (κ2) is 11.2. The van der Waals surface area contributed by atoms with Gasteiger partial charge in [-0.05, 0) is 42.8 Å². The normalized spacial score (nSPS) is 10.7.